The molecule has 142 valence electrons. The maximum atomic E-state index is 13.1. The van der Waals surface area contributed by atoms with E-state index in [9.17, 15) is 9.59 Å². The van der Waals surface area contributed by atoms with Crippen LogP contribution >= 0.6 is 0 Å². The van der Waals surface area contributed by atoms with Crippen LogP contribution in [0.15, 0.2) is 48.5 Å². The minimum Gasteiger partial charge on any atom is -0.368 e. The van der Waals surface area contributed by atoms with Gasteiger partial charge in [-0.1, -0.05) is 18.2 Å². The summed E-state index contributed by atoms with van der Waals surface area (Å²) in [6.45, 7) is 3.71. The summed E-state index contributed by atoms with van der Waals surface area (Å²) in [4.78, 5) is 32.5. The molecule has 0 bridgehead atoms. The second kappa shape index (κ2) is 6.71. The first-order valence-electron chi connectivity index (χ1n) is 9.73. The zero-order valence-corrected chi connectivity index (χ0v) is 15.6. The van der Waals surface area contributed by atoms with E-state index in [4.69, 9.17) is 0 Å². The molecule has 1 aromatic heterocycles. The fourth-order valence-electron chi connectivity index (χ4n) is 4.21. The molecule has 2 aliphatic heterocycles. The van der Waals surface area contributed by atoms with Crippen molar-refractivity contribution in [3.63, 3.8) is 0 Å². The van der Waals surface area contributed by atoms with Gasteiger partial charge in [-0.05, 0) is 42.3 Å². The first-order chi connectivity index (χ1) is 13.7. The van der Waals surface area contributed by atoms with Gasteiger partial charge in [0.15, 0.2) is 0 Å². The van der Waals surface area contributed by atoms with Gasteiger partial charge < -0.3 is 20.1 Å². The highest BCUT2D eigenvalue weighted by atomic mass is 16.2. The first kappa shape index (κ1) is 16.9. The second-order valence-electron chi connectivity index (χ2n) is 7.36. The van der Waals surface area contributed by atoms with Gasteiger partial charge in [-0.3, -0.25) is 9.59 Å². The van der Waals surface area contributed by atoms with Gasteiger partial charge in [-0.15, -0.1) is 0 Å². The van der Waals surface area contributed by atoms with Gasteiger partial charge in [-0.25, -0.2) is 0 Å². The fourth-order valence-corrected chi connectivity index (χ4v) is 4.21. The lowest BCUT2D eigenvalue weighted by atomic mass is 10.0. The zero-order valence-electron chi connectivity index (χ0n) is 15.6. The number of aromatic amines is 1. The molecule has 1 saturated heterocycles. The second-order valence-corrected chi connectivity index (χ2v) is 7.36. The van der Waals surface area contributed by atoms with E-state index in [1.807, 2.05) is 41.3 Å². The lowest BCUT2D eigenvalue weighted by Gasteiger charge is -2.36. The Balaban J connectivity index is 1.36. The Morgan fingerprint density at radius 3 is 2.54 bits per heavy atom. The molecule has 0 saturated carbocycles. The normalized spacial score (nSPS) is 16.8. The topological polar surface area (TPSA) is 68.4 Å². The predicted molar refractivity (Wildman–Crippen MR) is 109 cm³/mol. The Kier molecular flexibility index (Phi) is 4.04. The number of benzene rings is 2. The third-order valence-electron chi connectivity index (χ3n) is 5.73. The molecule has 2 aromatic carbocycles. The average Bonchev–Trinajstić information content (AvgIpc) is 3.13. The van der Waals surface area contributed by atoms with E-state index in [0.29, 0.717) is 30.9 Å². The number of rotatable bonds is 2. The van der Waals surface area contributed by atoms with Crippen molar-refractivity contribution in [1.82, 2.24) is 15.2 Å². The number of fused-ring (bicyclic) bond motifs is 3. The Morgan fingerprint density at radius 2 is 1.75 bits per heavy atom. The number of anilines is 1. The maximum Gasteiger partial charge on any atom is 0.268 e. The number of amides is 2. The van der Waals surface area contributed by atoms with Gasteiger partial charge >= 0.3 is 0 Å². The number of aromatic nitrogens is 1. The van der Waals surface area contributed by atoms with Gasteiger partial charge in [-0.2, -0.15) is 0 Å². The number of hydrogen-bond acceptors (Lipinski definition) is 3. The molecule has 2 N–H and O–H groups in total. The van der Waals surface area contributed by atoms with E-state index in [-0.39, 0.29) is 11.8 Å². The van der Waals surface area contributed by atoms with E-state index >= 15 is 0 Å². The van der Waals surface area contributed by atoms with Crippen LogP contribution < -0.4 is 10.2 Å². The first-order valence-corrected chi connectivity index (χ1v) is 9.73. The Bertz CT molecular complexity index is 1050. The smallest absolute Gasteiger partial charge is 0.268 e. The van der Waals surface area contributed by atoms with Gasteiger partial charge in [0.2, 0.25) is 0 Å². The number of para-hydroxylation sites is 1. The highest BCUT2D eigenvalue weighted by molar-refractivity contribution is 6.04. The summed E-state index contributed by atoms with van der Waals surface area (Å²) in [5.74, 6) is -0.00724. The molecule has 0 unspecified atom stereocenters. The molecule has 6 heteroatoms. The van der Waals surface area contributed by atoms with Crippen molar-refractivity contribution < 1.29 is 9.59 Å². The van der Waals surface area contributed by atoms with Gasteiger partial charge in [0.25, 0.3) is 11.8 Å². The number of carbonyl (C=O) groups excluding carboxylic acids is 2. The zero-order chi connectivity index (χ0) is 19.1. The summed E-state index contributed by atoms with van der Waals surface area (Å²) in [7, 11) is 0. The minimum absolute atomic E-state index is 0.0600. The molecule has 28 heavy (non-hydrogen) atoms. The van der Waals surface area contributed by atoms with Crippen molar-refractivity contribution in [3.05, 3.63) is 65.4 Å². The van der Waals surface area contributed by atoms with Crippen LogP contribution in [0, 0.1) is 0 Å². The highest BCUT2D eigenvalue weighted by Gasteiger charge is 2.25. The molecule has 0 radical (unpaired) electrons. The quantitative estimate of drug-likeness (QED) is 0.724. The van der Waals surface area contributed by atoms with Gasteiger partial charge in [0.1, 0.15) is 5.69 Å². The molecule has 2 amide bonds. The van der Waals surface area contributed by atoms with Crippen LogP contribution in [0.2, 0.25) is 0 Å². The Morgan fingerprint density at radius 1 is 0.964 bits per heavy atom. The SMILES string of the molecule is O=C1NCCc2c1[nH]c1ccc(C(=O)N3CCN(c4ccccc4)CC3)cc21. The number of hydrogen-bond donors (Lipinski definition) is 2. The Labute approximate surface area is 163 Å². The standard InChI is InChI=1S/C22H22N4O2/c27-21-20-17(8-9-23-21)18-14-15(6-7-19(18)24-20)22(28)26-12-10-25(11-13-26)16-4-2-1-3-5-16/h1-7,14,24H,8-13H2,(H,23,27). The summed E-state index contributed by atoms with van der Waals surface area (Å²) in [5.41, 5.74) is 4.44. The van der Waals surface area contributed by atoms with Crippen LogP contribution in [-0.4, -0.2) is 54.4 Å². The Hall–Kier alpha value is -3.28. The minimum atomic E-state index is -0.0673. The van der Waals surface area contributed by atoms with Crippen molar-refractivity contribution >= 4 is 28.4 Å². The van der Waals surface area contributed by atoms with Crippen LogP contribution in [0.1, 0.15) is 26.4 Å². The van der Waals surface area contributed by atoms with E-state index in [1.165, 1.54) is 5.69 Å². The average molecular weight is 374 g/mol. The number of nitrogens with zero attached hydrogens (tertiary/aromatic N) is 2. The van der Waals surface area contributed by atoms with E-state index < -0.39 is 0 Å². The largest absolute Gasteiger partial charge is 0.368 e. The molecule has 1 fully saturated rings. The summed E-state index contributed by atoms with van der Waals surface area (Å²) in [6, 6.07) is 16.0. The lowest BCUT2D eigenvalue weighted by molar-refractivity contribution is 0.0746. The van der Waals surface area contributed by atoms with Gasteiger partial charge in [0, 0.05) is 54.9 Å². The summed E-state index contributed by atoms with van der Waals surface area (Å²) < 4.78 is 0. The molecule has 5 rings (SSSR count). The summed E-state index contributed by atoms with van der Waals surface area (Å²) in [6.07, 6.45) is 0.786. The van der Waals surface area contributed by atoms with Crippen LogP contribution in [-0.2, 0) is 6.42 Å². The number of piperazine rings is 1. The summed E-state index contributed by atoms with van der Waals surface area (Å²) >= 11 is 0. The maximum absolute atomic E-state index is 13.1. The molecule has 3 heterocycles. The van der Waals surface area contributed by atoms with Crippen LogP contribution in [0.4, 0.5) is 5.69 Å². The van der Waals surface area contributed by atoms with Crippen molar-refractivity contribution in [1.29, 1.82) is 0 Å². The third-order valence-corrected chi connectivity index (χ3v) is 5.73. The molecular formula is C22H22N4O2. The van der Waals surface area contributed by atoms with Crippen LogP contribution in [0.3, 0.4) is 0 Å². The van der Waals surface area contributed by atoms with Crippen molar-refractivity contribution in [3.8, 4) is 0 Å². The number of H-pyrrole nitrogens is 1. The monoisotopic (exact) mass is 374 g/mol. The molecule has 0 atom stereocenters. The van der Waals surface area contributed by atoms with Crippen molar-refractivity contribution in [2.24, 2.45) is 0 Å². The van der Waals surface area contributed by atoms with Crippen molar-refractivity contribution in [2.45, 2.75) is 6.42 Å². The molecule has 0 aliphatic carbocycles. The molecule has 3 aromatic rings. The van der Waals surface area contributed by atoms with Crippen molar-refractivity contribution in [2.75, 3.05) is 37.6 Å². The van der Waals surface area contributed by atoms with E-state index in [0.717, 1.165) is 36.0 Å². The number of nitrogens with one attached hydrogen (secondary N) is 2. The lowest BCUT2D eigenvalue weighted by Crippen LogP contribution is -2.48. The third kappa shape index (κ3) is 2.81. The van der Waals surface area contributed by atoms with E-state index in [2.05, 4.69) is 27.3 Å². The van der Waals surface area contributed by atoms with E-state index in [1.54, 1.807) is 0 Å². The molecular weight excluding hydrogens is 352 g/mol. The highest BCUT2D eigenvalue weighted by Crippen LogP contribution is 2.27. The fraction of sp³-hybridized carbons (Fsp3) is 0.273. The van der Waals surface area contributed by atoms with Crippen LogP contribution in [0.25, 0.3) is 10.9 Å². The van der Waals surface area contributed by atoms with Gasteiger partial charge in [0.05, 0.1) is 0 Å². The number of carbonyl (C=O) groups is 2. The summed E-state index contributed by atoms with van der Waals surface area (Å²) in [5, 5.41) is 3.84. The molecule has 0 spiro atoms. The predicted octanol–water partition coefficient (Wildman–Crippen LogP) is 2.42. The molecule has 2 aliphatic rings. The van der Waals surface area contributed by atoms with Crippen LogP contribution in [0.5, 0.6) is 0 Å². The molecule has 6 nitrogen and oxygen atoms in total.